The van der Waals surface area contributed by atoms with E-state index in [4.69, 9.17) is 9.47 Å². The van der Waals surface area contributed by atoms with Crippen LogP contribution in [0.15, 0.2) is 72.3 Å². The highest BCUT2D eigenvalue weighted by atomic mass is 127. The number of halogens is 1. The van der Waals surface area contributed by atoms with E-state index in [9.17, 15) is 19.2 Å². The lowest BCUT2D eigenvalue weighted by atomic mass is 10.1. The van der Waals surface area contributed by atoms with Crippen molar-refractivity contribution in [2.75, 3.05) is 12.0 Å². The molecule has 0 bridgehead atoms. The van der Waals surface area contributed by atoms with Crippen LogP contribution < -0.4 is 19.7 Å². The molecule has 0 spiro atoms. The highest BCUT2D eigenvalue weighted by molar-refractivity contribution is 14.1. The van der Waals surface area contributed by atoms with Crippen LogP contribution >= 0.6 is 22.6 Å². The first-order chi connectivity index (χ1) is 16.8. The highest BCUT2D eigenvalue weighted by Gasteiger charge is 2.36. The molecular weight excluding hydrogens is 563 g/mol. The fraction of sp³-hybridized carbons (Fsp3) is 0.0769. The Labute approximate surface area is 214 Å². The number of barbiturate groups is 1. The first kappa shape index (κ1) is 24.1. The topological polar surface area (TPSA) is 102 Å². The lowest BCUT2D eigenvalue weighted by Gasteiger charge is -2.26. The van der Waals surface area contributed by atoms with Crippen LogP contribution in [0.2, 0.25) is 0 Å². The smallest absolute Gasteiger partial charge is 0.343 e. The Bertz CT molecular complexity index is 1360. The molecule has 0 unspecified atom stereocenters. The van der Waals surface area contributed by atoms with Crippen molar-refractivity contribution < 1.29 is 28.7 Å². The van der Waals surface area contributed by atoms with Crippen molar-refractivity contribution in [3.05, 3.63) is 92.6 Å². The van der Waals surface area contributed by atoms with E-state index in [1.807, 2.05) is 6.92 Å². The number of benzene rings is 3. The summed E-state index contributed by atoms with van der Waals surface area (Å²) >= 11 is 2.11. The van der Waals surface area contributed by atoms with E-state index < -0.39 is 23.8 Å². The van der Waals surface area contributed by atoms with Crippen molar-refractivity contribution in [3.63, 3.8) is 0 Å². The summed E-state index contributed by atoms with van der Waals surface area (Å²) in [7, 11) is 1.41. The van der Waals surface area contributed by atoms with Crippen molar-refractivity contribution in [1.29, 1.82) is 0 Å². The molecule has 1 saturated heterocycles. The first-order valence-electron chi connectivity index (χ1n) is 10.4. The number of carbonyl (C=O) groups is 4. The third-order valence-electron chi connectivity index (χ3n) is 5.18. The third-order valence-corrected chi connectivity index (χ3v) is 5.89. The van der Waals surface area contributed by atoms with Gasteiger partial charge in [-0.25, -0.2) is 14.5 Å². The van der Waals surface area contributed by atoms with Crippen molar-refractivity contribution in [2.45, 2.75) is 6.92 Å². The minimum Gasteiger partial charge on any atom is -0.493 e. The molecule has 1 aliphatic rings. The Kier molecular flexibility index (Phi) is 6.97. The van der Waals surface area contributed by atoms with Crippen molar-refractivity contribution in [3.8, 4) is 11.5 Å². The molecule has 0 atom stereocenters. The van der Waals surface area contributed by atoms with Crippen LogP contribution in [0.25, 0.3) is 6.08 Å². The fourth-order valence-corrected chi connectivity index (χ4v) is 3.72. The molecule has 9 heteroatoms. The number of urea groups is 1. The largest absolute Gasteiger partial charge is 0.493 e. The Hall–Kier alpha value is -3.99. The number of nitrogens with one attached hydrogen (secondary N) is 1. The summed E-state index contributed by atoms with van der Waals surface area (Å²) < 4.78 is 11.7. The van der Waals surface area contributed by atoms with Crippen molar-refractivity contribution in [2.24, 2.45) is 0 Å². The van der Waals surface area contributed by atoms with Gasteiger partial charge in [0.2, 0.25) is 0 Å². The summed E-state index contributed by atoms with van der Waals surface area (Å²) in [5, 5.41) is 2.19. The van der Waals surface area contributed by atoms with Gasteiger partial charge >= 0.3 is 12.0 Å². The second-order valence-electron chi connectivity index (χ2n) is 7.60. The Morgan fingerprint density at radius 3 is 2.29 bits per heavy atom. The molecule has 0 aromatic heterocycles. The maximum absolute atomic E-state index is 13.1. The number of anilines is 1. The number of carbonyl (C=O) groups excluding carboxylic acids is 4. The van der Waals surface area contributed by atoms with E-state index in [1.54, 1.807) is 54.6 Å². The molecule has 0 radical (unpaired) electrons. The molecule has 176 valence electrons. The maximum atomic E-state index is 13.1. The van der Waals surface area contributed by atoms with Crippen LogP contribution in [0.4, 0.5) is 10.5 Å². The molecule has 4 amide bonds. The lowest BCUT2D eigenvalue weighted by Crippen LogP contribution is -2.54. The monoisotopic (exact) mass is 582 g/mol. The molecule has 1 N–H and O–H groups in total. The van der Waals surface area contributed by atoms with Crippen LogP contribution in [0.3, 0.4) is 0 Å². The van der Waals surface area contributed by atoms with Crippen LogP contribution in [-0.2, 0) is 9.59 Å². The Morgan fingerprint density at radius 1 is 0.943 bits per heavy atom. The molecule has 35 heavy (non-hydrogen) atoms. The first-order valence-corrected chi connectivity index (χ1v) is 11.5. The van der Waals surface area contributed by atoms with Crippen LogP contribution in [0.1, 0.15) is 21.5 Å². The summed E-state index contributed by atoms with van der Waals surface area (Å²) in [4.78, 5) is 51.2. The fourth-order valence-electron chi connectivity index (χ4n) is 3.36. The lowest BCUT2D eigenvalue weighted by molar-refractivity contribution is -0.122. The van der Waals surface area contributed by atoms with Gasteiger partial charge in [-0.1, -0.05) is 23.8 Å². The highest BCUT2D eigenvalue weighted by Crippen LogP contribution is 2.30. The minimum atomic E-state index is -0.825. The molecule has 1 aliphatic heterocycles. The Balaban J connectivity index is 1.61. The van der Waals surface area contributed by atoms with E-state index in [0.29, 0.717) is 16.8 Å². The van der Waals surface area contributed by atoms with Gasteiger partial charge in [-0.05, 0) is 89.7 Å². The number of hydrogen-bond donors (Lipinski definition) is 1. The summed E-state index contributed by atoms with van der Waals surface area (Å²) in [6.07, 6.45) is 1.35. The molecule has 8 nitrogen and oxygen atoms in total. The standard InChI is InChI=1S/C26H19IN2O6/c1-15-3-6-17(7-4-15)25(32)35-21-12-5-16(14-22(21)34-2)13-20-23(30)28-26(33)29(24(20)31)19-10-8-18(27)9-11-19/h3-14H,1-2H3,(H,28,30,33)/b20-13+. The zero-order valence-corrected chi connectivity index (χ0v) is 20.9. The van der Waals surface area contributed by atoms with Crippen LogP contribution in [-0.4, -0.2) is 30.9 Å². The summed E-state index contributed by atoms with van der Waals surface area (Å²) in [5.74, 6) is -1.71. The number of aryl methyl sites for hydroxylation is 1. The number of amides is 4. The van der Waals surface area contributed by atoms with E-state index in [-0.39, 0.29) is 17.1 Å². The number of rotatable bonds is 5. The normalized spacial score (nSPS) is 14.7. The molecule has 1 fully saturated rings. The molecule has 0 saturated carbocycles. The van der Waals surface area contributed by atoms with E-state index in [0.717, 1.165) is 14.0 Å². The molecular formula is C26H19IN2O6. The number of esters is 1. The zero-order valence-electron chi connectivity index (χ0n) is 18.7. The van der Waals surface area contributed by atoms with Crippen molar-refractivity contribution >= 4 is 58.2 Å². The van der Waals surface area contributed by atoms with Gasteiger partial charge in [-0.2, -0.15) is 0 Å². The van der Waals surface area contributed by atoms with Crippen molar-refractivity contribution in [1.82, 2.24) is 5.32 Å². The number of nitrogens with zero attached hydrogens (tertiary/aromatic N) is 1. The van der Waals surface area contributed by atoms with Gasteiger partial charge < -0.3 is 9.47 Å². The van der Waals surface area contributed by atoms with Crippen LogP contribution in [0.5, 0.6) is 11.5 Å². The second kappa shape index (κ2) is 10.1. The second-order valence-corrected chi connectivity index (χ2v) is 8.85. The van der Waals surface area contributed by atoms with Gasteiger partial charge in [0, 0.05) is 3.57 Å². The van der Waals surface area contributed by atoms with Gasteiger partial charge in [0.05, 0.1) is 18.4 Å². The number of methoxy groups -OCH3 is 1. The minimum absolute atomic E-state index is 0.176. The third kappa shape index (κ3) is 5.24. The van der Waals surface area contributed by atoms with Gasteiger partial charge in [-0.15, -0.1) is 0 Å². The number of hydrogen-bond acceptors (Lipinski definition) is 6. The Morgan fingerprint density at radius 2 is 1.63 bits per heavy atom. The summed E-state index contributed by atoms with van der Waals surface area (Å²) in [5.41, 5.74) is 1.94. The predicted molar refractivity (Wildman–Crippen MR) is 137 cm³/mol. The molecule has 3 aromatic carbocycles. The number of ether oxygens (including phenoxy) is 2. The average Bonchev–Trinajstić information content (AvgIpc) is 2.84. The van der Waals surface area contributed by atoms with E-state index in [1.165, 1.54) is 25.3 Å². The predicted octanol–water partition coefficient (Wildman–Crippen LogP) is 4.49. The maximum Gasteiger partial charge on any atom is 0.343 e. The summed E-state index contributed by atoms with van der Waals surface area (Å²) in [6.45, 7) is 1.91. The van der Waals surface area contributed by atoms with Gasteiger partial charge in [0.25, 0.3) is 11.8 Å². The number of imide groups is 2. The molecule has 0 aliphatic carbocycles. The zero-order chi connectivity index (χ0) is 25.1. The molecule has 1 heterocycles. The van der Waals surface area contributed by atoms with Gasteiger partial charge in [0.15, 0.2) is 11.5 Å². The molecule has 3 aromatic rings. The van der Waals surface area contributed by atoms with E-state index >= 15 is 0 Å². The van der Waals surface area contributed by atoms with Gasteiger partial charge in [0.1, 0.15) is 5.57 Å². The SMILES string of the molecule is COc1cc(/C=C2\C(=O)NC(=O)N(c3ccc(I)cc3)C2=O)ccc1OC(=O)c1ccc(C)cc1. The van der Waals surface area contributed by atoms with Gasteiger partial charge in [-0.3, -0.25) is 14.9 Å². The van der Waals surface area contributed by atoms with E-state index in [2.05, 4.69) is 27.9 Å². The van der Waals surface area contributed by atoms with Crippen LogP contribution in [0, 0.1) is 10.5 Å². The quantitative estimate of drug-likeness (QED) is 0.156. The average molecular weight is 582 g/mol. The summed E-state index contributed by atoms with van der Waals surface area (Å²) in [6, 6.07) is 17.4. The molecule has 4 rings (SSSR count).